The number of ether oxygens (including phenoxy) is 1. The third-order valence-electron chi connectivity index (χ3n) is 2.36. The first-order valence-electron chi connectivity index (χ1n) is 4.85. The molecule has 0 radical (unpaired) electrons. The van der Waals surface area contributed by atoms with Gasteiger partial charge >= 0.3 is 0 Å². The summed E-state index contributed by atoms with van der Waals surface area (Å²) in [4.78, 5) is 3.91. The lowest BCUT2D eigenvalue weighted by atomic mass is 10.2. The fourth-order valence-corrected chi connectivity index (χ4v) is 2.15. The smallest absolute Gasteiger partial charge is 0.280 e. The van der Waals surface area contributed by atoms with Gasteiger partial charge in [-0.2, -0.15) is 0 Å². The van der Waals surface area contributed by atoms with Crippen LogP contribution in [0.4, 0.5) is 0 Å². The third-order valence-corrected chi connectivity index (χ3v) is 3.53. The van der Waals surface area contributed by atoms with E-state index in [2.05, 4.69) is 4.98 Å². The summed E-state index contributed by atoms with van der Waals surface area (Å²) >= 11 is 0. The van der Waals surface area contributed by atoms with E-state index in [4.69, 9.17) is 15.4 Å². The lowest BCUT2D eigenvalue weighted by Crippen LogP contribution is -2.08. The molecule has 0 amide bonds. The number of hydrogen-bond acceptors (Lipinski definition) is 4. The van der Waals surface area contributed by atoms with Gasteiger partial charge in [-0.05, 0) is 20.3 Å². The molecule has 0 saturated heterocycles. The van der Waals surface area contributed by atoms with E-state index in [1.54, 1.807) is 18.6 Å². The van der Waals surface area contributed by atoms with Gasteiger partial charge in [-0.3, -0.25) is 0 Å². The van der Waals surface area contributed by atoms with Gasteiger partial charge in [0.25, 0.3) is 9.05 Å². The maximum atomic E-state index is 11.1. The molecule has 16 heavy (non-hydrogen) atoms. The molecular weight excluding hydrogens is 252 g/mol. The third kappa shape index (κ3) is 3.20. The van der Waals surface area contributed by atoms with Crippen LogP contribution in [-0.4, -0.2) is 31.7 Å². The van der Waals surface area contributed by atoms with E-state index in [1.165, 1.54) is 6.20 Å². The molecule has 0 aliphatic heterocycles. The SMILES string of the molecule is COCCC(C)n1cc(S(=O)(=O)Cl)nc1C. The highest BCUT2D eigenvalue weighted by Gasteiger charge is 2.18. The van der Waals surface area contributed by atoms with Crippen LogP contribution in [0.5, 0.6) is 0 Å². The van der Waals surface area contributed by atoms with Crippen molar-refractivity contribution in [3.8, 4) is 0 Å². The van der Waals surface area contributed by atoms with Crippen LogP contribution >= 0.6 is 10.7 Å². The topological polar surface area (TPSA) is 61.2 Å². The average molecular weight is 267 g/mol. The summed E-state index contributed by atoms with van der Waals surface area (Å²) in [5, 5.41) is -0.101. The van der Waals surface area contributed by atoms with Crippen molar-refractivity contribution in [1.82, 2.24) is 9.55 Å². The summed E-state index contributed by atoms with van der Waals surface area (Å²) in [5.41, 5.74) is 0. The first-order valence-corrected chi connectivity index (χ1v) is 7.16. The first-order chi connectivity index (χ1) is 7.36. The van der Waals surface area contributed by atoms with Gasteiger partial charge in [0, 0.05) is 36.6 Å². The largest absolute Gasteiger partial charge is 0.385 e. The number of aromatic nitrogens is 2. The number of nitrogens with zero attached hydrogens (tertiary/aromatic N) is 2. The van der Waals surface area contributed by atoms with Crippen molar-refractivity contribution < 1.29 is 13.2 Å². The second kappa shape index (κ2) is 5.16. The Labute approximate surface area is 99.8 Å². The molecule has 1 heterocycles. The van der Waals surface area contributed by atoms with E-state index in [9.17, 15) is 8.42 Å². The van der Waals surface area contributed by atoms with Gasteiger partial charge in [-0.15, -0.1) is 0 Å². The Morgan fingerprint density at radius 2 is 2.25 bits per heavy atom. The van der Waals surface area contributed by atoms with Crippen LogP contribution in [0.3, 0.4) is 0 Å². The molecular formula is C9H15ClN2O3S. The van der Waals surface area contributed by atoms with Crippen molar-refractivity contribution in [3.63, 3.8) is 0 Å². The Morgan fingerprint density at radius 1 is 1.62 bits per heavy atom. The van der Waals surface area contributed by atoms with Crippen LogP contribution < -0.4 is 0 Å². The quantitative estimate of drug-likeness (QED) is 0.762. The van der Waals surface area contributed by atoms with Crippen LogP contribution in [0.1, 0.15) is 25.2 Å². The molecule has 0 bridgehead atoms. The zero-order chi connectivity index (χ0) is 12.3. The van der Waals surface area contributed by atoms with Gasteiger partial charge in [-0.1, -0.05) is 0 Å². The fraction of sp³-hybridized carbons (Fsp3) is 0.667. The summed E-state index contributed by atoms with van der Waals surface area (Å²) in [5.74, 6) is 0.628. The molecule has 0 saturated carbocycles. The van der Waals surface area contributed by atoms with Gasteiger partial charge in [0.1, 0.15) is 5.82 Å². The summed E-state index contributed by atoms with van der Waals surface area (Å²) in [6, 6.07) is 0.125. The maximum Gasteiger partial charge on any atom is 0.280 e. The van der Waals surface area contributed by atoms with E-state index in [1.807, 2.05) is 6.92 Å². The van der Waals surface area contributed by atoms with E-state index >= 15 is 0 Å². The second-order valence-corrected chi connectivity index (χ2v) is 6.11. The molecule has 0 N–H and O–H groups in total. The maximum absolute atomic E-state index is 11.1. The molecule has 92 valence electrons. The molecule has 0 aliphatic rings. The molecule has 1 aromatic rings. The Bertz CT molecular complexity index is 455. The van der Waals surface area contributed by atoms with Gasteiger partial charge in [0.2, 0.25) is 0 Å². The van der Waals surface area contributed by atoms with Crippen molar-refractivity contribution >= 4 is 19.7 Å². The van der Waals surface area contributed by atoms with Crippen molar-refractivity contribution in [1.29, 1.82) is 0 Å². The van der Waals surface area contributed by atoms with Crippen molar-refractivity contribution in [2.75, 3.05) is 13.7 Å². The lowest BCUT2D eigenvalue weighted by Gasteiger charge is -2.13. The standard InChI is InChI=1S/C9H15ClN2O3S/c1-7(4-5-15-3)12-6-9(11-8(12)2)16(10,13)14/h6-7H,4-5H2,1-3H3. The highest BCUT2D eigenvalue weighted by molar-refractivity contribution is 8.13. The molecule has 1 rings (SSSR count). The highest BCUT2D eigenvalue weighted by Crippen LogP contribution is 2.19. The van der Waals surface area contributed by atoms with E-state index < -0.39 is 9.05 Å². The van der Waals surface area contributed by atoms with Crippen molar-refractivity contribution in [2.24, 2.45) is 0 Å². The van der Waals surface area contributed by atoms with Crippen molar-refractivity contribution in [2.45, 2.75) is 31.3 Å². The Hall–Kier alpha value is -0.590. The molecule has 0 fully saturated rings. The van der Waals surface area contributed by atoms with Crippen LogP contribution in [0.25, 0.3) is 0 Å². The molecule has 1 aromatic heterocycles. The average Bonchev–Trinajstić information content (AvgIpc) is 2.56. The number of aryl methyl sites for hydroxylation is 1. The number of methoxy groups -OCH3 is 1. The monoisotopic (exact) mass is 266 g/mol. The minimum Gasteiger partial charge on any atom is -0.385 e. The number of hydrogen-bond donors (Lipinski definition) is 0. The van der Waals surface area contributed by atoms with E-state index in [0.29, 0.717) is 12.4 Å². The summed E-state index contributed by atoms with van der Waals surface area (Å²) in [7, 11) is 3.10. The van der Waals surface area contributed by atoms with Crippen LogP contribution in [-0.2, 0) is 13.8 Å². The van der Waals surface area contributed by atoms with E-state index in [0.717, 1.165) is 6.42 Å². The first kappa shape index (κ1) is 13.5. The van der Waals surface area contributed by atoms with Gasteiger partial charge in [0.05, 0.1) is 0 Å². The lowest BCUT2D eigenvalue weighted by molar-refractivity contribution is 0.180. The number of halogens is 1. The molecule has 0 aliphatic carbocycles. The Kier molecular flexibility index (Phi) is 4.35. The predicted octanol–water partition coefficient (Wildman–Crippen LogP) is 1.72. The molecule has 0 spiro atoms. The van der Waals surface area contributed by atoms with Gasteiger partial charge in [-0.25, -0.2) is 13.4 Å². The molecule has 1 atom stereocenters. The van der Waals surface area contributed by atoms with Crippen LogP contribution in [0.15, 0.2) is 11.2 Å². The molecule has 1 unspecified atom stereocenters. The van der Waals surface area contributed by atoms with Gasteiger partial charge < -0.3 is 9.30 Å². The highest BCUT2D eigenvalue weighted by atomic mass is 35.7. The molecule has 7 heteroatoms. The summed E-state index contributed by atoms with van der Waals surface area (Å²) in [6.07, 6.45) is 2.24. The van der Waals surface area contributed by atoms with Crippen molar-refractivity contribution in [3.05, 3.63) is 12.0 Å². The zero-order valence-corrected chi connectivity index (χ0v) is 11.0. The zero-order valence-electron chi connectivity index (χ0n) is 9.47. The Morgan fingerprint density at radius 3 is 2.69 bits per heavy atom. The summed E-state index contributed by atoms with van der Waals surface area (Å²) < 4.78 is 29.0. The van der Waals surface area contributed by atoms with Crippen LogP contribution in [0, 0.1) is 6.92 Å². The number of imidazole rings is 1. The molecule has 5 nitrogen and oxygen atoms in total. The normalized spacial score (nSPS) is 14.0. The second-order valence-electron chi connectivity index (χ2n) is 3.60. The molecule has 0 aromatic carbocycles. The minimum atomic E-state index is -3.75. The van der Waals surface area contributed by atoms with E-state index in [-0.39, 0.29) is 11.1 Å². The number of rotatable bonds is 5. The predicted molar refractivity (Wildman–Crippen MR) is 61.2 cm³/mol. The fourth-order valence-electron chi connectivity index (χ4n) is 1.45. The van der Waals surface area contributed by atoms with Crippen LogP contribution in [0.2, 0.25) is 0 Å². The Balaban J connectivity index is 2.94. The minimum absolute atomic E-state index is 0.101. The summed E-state index contributed by atoms with van der Waals surface area (Å²) in [6.45, 7) is 4.33. The van der Waals surface area contributed by atoms with Gasteiger partial charge in [0.15, 0.2) is 5.03 Å².